The van der Waals surface area contributed by atoms with Crippen molar-refractivity contribution in [2.45, 2.75) is 23.5 Å². The second-order valence-electron chi connectivity index (χ2n) is 5.20. The van der Waals surface area contributed by atoms with Crippen LogP contribution in [0.1, 0.15) is 12.8 Å². The van der Waals surface area contributed by atoms with Gasteiger partial charge in [0, 0.05) is 31.6 Å². The van der Waals surface area contributed by atoms with Crippen LogP contribution in [0, 0.1) is 0 Å². The summed E-state index contributed by atoms with van der Waals surface area (Å²) < 4.78 is 37.9. The van der Waals surface area contributed by atoms with E-state index in [1.165, 1.54) is 22.5 Å². The number of nitrogens with two attached hydrogens (primary N) is 1. The molecule has 1 aromatic carbocycles. The first-order chi connectivity index (χ1) is 9.93. The molecule has 2 saturated heterocycles. The lowest BCUT2D eigenvalue weighted by molar-refractivity contribution is -0.179. The van der Waals surface area contributed by atoms with Crippen LogP contribution in [0.5, 0.6) is 0 Å². The van der Waals surface area contributed by atoms with Crippen LogP contribution in [0.4, 0.5) is 5.69 Å². The Kier molecular flexibility index (Phi) is 3.87. The molecule has 1 spiro atoms. The molecule has 116 valence electrons. The Morgan fingerprint density at radius 1 is 1.19 bits per heavy atom. The molecule has 2 aliphatic heterocycles. The summed E-state index contributed by atoms with van der Waals surface area (Å²) in [6.45, 7) is 1.83. The van der Waals surface area contributed by atoms with E-state index < -0.39 is 15.8 Å². The van der Waals surface area contributed by atoms with E-state index in [1.54, 1.807) is 0 Å². The van der Waals surface area contributed by atoms with Crippen molar-refractivity contribution in [3.63, 3.8) is 0 Å². The number of rotatable bonds is 2. The van der Waals surface area contributed by atoms with Crippen molar-refractivity contribution in [1.29, 1.82) is 0 Å². The van der Waals surface area contributed by atoms with Gasteiger partial charge in [-0.2, -0.15) is 4.31 Å². The summed E-state index contributed by atoms with van der Waals surface area (Å²) in [5.41, 5.74) is 6.04. The molecule has 21 heavy (non-hydrogen) atoms. The van der Waals surface area contributed by atoms with Crippen molar-refractivity contribution in [1.82, 2.24) is 4.31 Å². The molecule has 0 unspecified atom stereocenters. The first-order valence-corrected chi connectivity index (χ1v) is 8.58. The summed E-state index contributed by atoms with van der Waals surface area (Å²) in [5.74, 6) is -0.600. The van der Waals surface area contributed by atoms with Gasteiger partial charge in [-0.1, -0.05) is 11.6 Å². The maximum Gasteiger partial charge on any atom is 0.244 e. The van der Waals surface area contributed by atoms with Gasteiger partial charge in [0.15, 0.2) is 5.79 Å². The molecule has 0 radical (unpaired) electrons. The van der Waals surface area contributed by atoms with Crippen molar-refractivity contribution >= 4 is 27.3 Å². The normalized spacial score (nSPS) is 22.7. The molecule has 0 atom stereocenters. The molecule has 2 heterocycles. The number of hydrogen-bond acceptors (Lipinski definition) is 5. The Labute approximate surface area is 128 Å². The molecule has 0 amide bonds. The van der Waals surface area contributed by atoms with Crippen LogP contribution in [0.3, 0.4) is 0 Å². The Balaban J connectivity index is 1.80. The number of anilines is 1. The van der Waals surface area contributed by atoms with Gasteiger partial charge in [0.2, 0.25) is 10.0 Å². The van der Waals surface area contributed by atoms with Gasteiger partial charge in [-0.25, -0.2) is 8.42 Å². The van der Waals surface area contributed by atoms with E-state index in [4.69, 9.17) is 26.8 Å². The lowest BCUT2D eigenvalue weighted by atomic mass is 10.1. The molecule has 1 aromatic rings. The van der Waals surface area contributed by atoms with E-state index in [-0.39, 0.29) is 9.92 Å². The fourth-order valence-electron chi connectivity index (χ4n) is 2.72. The third-order valence-electron chi connectivity index (χ3n) is 3.87. The monoisotopic (exact) mass is 332 g/mol. The van der Waals surface area contributed by atoms with Crippen molar-refractivity contribution in [3.05, 3.63) is 23.2 Å². The van der Waals surface area contributed by atoms with Crippen LogP contribution in [-0.4, -0.2) is 44.8 Å². The van der Waals surface area contributed by atoms with Crippen LogP contribution in [-0.2, 0) is 19.5 Å². The predicted octanol–water partition coefficient (Wildman–Crippen LogP) is 1.45. The molecule has 2 N–H and O–H groups in total. The smallest absolute Gasteiger partial charge is 0.244 e. The number of sulfonamides is 1. The zero-order chi connectivity index (χ0) is 15.1. The summed E-state index contributed by atoms with van der Waals surface area (Å²) in [6, 6.07) is 4.43. The molecule has 0 aliphatic carbocycles. The molecule has 2 aliphatic rings. The lowest BCUT2D eigenvalue weighted by Crippen LogP contribution is -2.47. The quantitative estimate of drug-likeness (QED) is 0.829. The average molecular weight is 333 g/mol. The van der Waals surface area contributed by atoms with E-state index in [9.17, 15) is 8.42 Å². The van der Waals surface area contributed by atoms with Crippen LogP contribution in [0.2, 0.25) is 5.02 Å². The summed E-state index contributed by atoms with van der Waals surface area (Å²) in [4.78, 5) is 0.0857. The van der Waals surface area contributed by atoms with E-state index in [2.05, 4.69) is 0 Å². The fourth-order valence-corrected chi connectivity index (χ4v) is 4.69. The van der Waals surface area contributed by atoms with Crippen LogP contribution < -0.4 is 5.73 Å². The van der Waals surface area contributed by atoms with Crippen LogP contribution >= 0.6 is 11.6 Å². The van der Waals surface area contributed by atoms with Crippen LogP contribution in [0.15, 0.2) is 23.1 Å². The van der Waals surface area contributed by atoms with Crippen molar-refractivity contribution < 1.29 is 17.9 Å². The van der Waals surface area contributed by atoms with Crippen molar-refractivity contribution in [2.75, 3.05) is 32.0 Å². The Morgan fingerprint density at radius 3 is 2.38 bits per heavy atom. The third-order valence-corrected chi connectivity index (χ3v) is 6.25. The highest BCUT2D eigenvalue weighted by atomic mass is 35.5. The maximum atomic E-state index is 12.6. The fraction of sp³-hybridized carbons (Fsp3) is 0.538. The number of benzene rings is 1. The van der Waals surface area contributed by atoms with E-state index in [1.807, 2.05) is 0 Å². The Morgan fingerprint density at radius 2 is 1.81 bits per heavy atom. The van der Waals surface area contributed by atoms with Gasteiger partial charge < -0.3 is 15.2 Å². The first kappa shape index (κ1) is 15.1. The highest BCUT2D eigenvalue weighted by molar-refractivity contribution is 7.89. The summed E-state index contributed by atoms with van der Waals surface area (Å²) >= 11 is 6.02. The third kappa shape index (κ3) is 2.76. The average Bonchev–Trinajstić information content (AvgIpc) is 2.87. The molecule has 0 saturated carbocycles. The van der Waals surface area contributed by atoms with Crippen molar-refractivity contribution in [3.8, 4) is 0 Å². The largest absolute Gasteiger partial charge is 0.399 e. The molecule has 0 aromatic heterocycles. The molecule has 2 fully saturated rings. The number of nitrogens with zero attached hydrogens (tertiary/aromatic N) is 1. The number of piperidine rings is 1. The zero-order valence-corrected chi connectivity index (χ0v) is 13.0. The highest BCUT2D eigenvalue weighted by Gasteiger charge is 2.42. The standard InChI is InChI=1S/C13H17ClN2O4S/c14-11-9-10(15)1-2-12(11)21(17,18)16-5-3-13(4-6-16)19-7-8-20-13/h1-2,9H,3-8,15H2. The minimum absolute atomic E-state index is 0.0857. The van der Waals surface area contributed by atoms with E-state index in [0.717, 1.165) is 0 Å². The summed E-state index contributed by atoms with van der Waals surface area (Å²) in [7, 11) is -3.62. The van der Waals surface area contributed by atoms with E-state index >= 15 is 0 Å². The molecular formula is C13H17ClN2O4S. The Bertz CT molecular complexity index is 634. The first-order valence-electron chi connectivity index (χ1n) is 6.76. The molecule has 6 nitrogen and oxygen atoms in total. The molecule has 8 heteroatoms. The van der Waals surface area contributed by atoms with E-state index in [0.29, 0.717) is 44.8 Å². The minimum atomic E-state index is -3.62. The van der Waals surface area contributed by atoms with Gasteiger partial charge in [0.05, 0.1) is 18.2 Å². The van der Waals surface area contributed by atoms with Gasteiger partial charge in [0.25, 0.3) is 0 Å². The lowest BCUT2D eigenvalue weighted by Gasteiger charge is -2.36. The highest BCUT2D eigenvalue weighted by Crippen LogP contribution is 2.34. The van der Waals surface area contributed by atoms with Crippen molar-refractivity contribution in [2.24, 2.45) is 0 Å². The van der Waals surface area contributed by atoms with Crippen LogP contribution in [0.25, 0.3) is 0 Å². The SMILES string of the molecule is Nc1ccc(S(=O)(=O)N2CCC3(CC2)OCCO3)c(Cl)c1. The number of hydrogen-bond donors (Lipinski definition) is 1. The number of ether oxygens (including phenoxy) is 2. The zero-order valence-electron chi connectivity index (χ0n) is 11.4. The summed E-state index contributed by atoms with van der Waals surface area (Å²) in [5, 5.41) is 0.142. The van der Waals surface area contributed by atoms with Gasteiger partial charge in [-0.05, 0) is 18.2 Å². The number of nitrogen functional groups attached to an aromatic ring is 1. The second-order valence-corrected chi connectivity index (χ2v) is 7.52. The molecule has 0 bridgehead atoms. The van der Waals surface area contributed by atoms with Gasteiger partial charge >= 0.3 is 0 Å². The molecular weight excluding hydrogens is 316 g/mol. The predicted molar refractivity (Wildman–Crippen MR) is 78.5 cm³/mol. The minimum Gasteiger partial charge on any atom is -0.399 e. The Hall–Kier alpha value is -0.860. The van der Waals surface area contributed by atoms with Gasteiger partial charge in [-0.3, -0.25) is 0 Å². The summed E-state index contributed by atoms with van der Waals surface area (Å²) in [6.07, 6.45) is 1.05. The van der Waals surface area contributed by atoms with Gasteiger partial charge in [-0.15, -0.1) is 0 Å². The topological polar surface area (TPSA) is 81.9 Å². The maximum absolute atomic E-state index is 12.6. The second kappa shape index (κ2) is 5.40. The van der Waals surface area contributed by atoms with Gasteiger partial charge in [0.1, 0.15) is 4.90 Å². The molecule has 3 rings (SSSR count). The number of halogens is 1.